The third-order valence-corrected chi connectivity index (χ3v) is 6.29. The van der Waals surface area contributed by atoms with Gasteiger partial charge in [0.15, 0.2) is 0 Å². The Morgan fingerprint density at radius 1 is 0.692 bits per heavy atom. The average Bonchev–Trinajstić information content (AvgIpc) is 2.55. The van der Waals surface area contributed by atoms with Crippen molar-refractivity contribution in [2.75, 3.05) is 0 Å². The summed E-state index contributed by atoms with van der Waals surface area (Å²) >= 11 is 0. The molecule has 0 saturated heterocycles. The quantitative estimate of drug-likeness (QED) is 0.212. The molecule has 0 aromatic heterocycles. The molecule has 0 aromatic carbocycles. The normalized spacial score (nSPS) is 14.0. The molecule has 2 unspecified atom stereocenters. The molecule has 0 amide bonds. The zero-order valence-electron chi connectivity index (χ0n) is 17.5. The first kappa shape index (κ1) is 29.7. The van der Waals surface area contributed by atoms with Gasteiger partial charge in [0.25, 0.3) is 0 Å². The van der Waals surface area contributed by atoms with Crippen molar-refractivity contribution >= 4 is 10.1 Å². The zero-order valence-corrected chi connectivity index (χ0v) is 21.5. The minimum atomic E-state index is -4.42. The number of aliphatic hydroxyl groups excluding tert-OH is 1. The van der Waals surface area contributed by atoms with Crippen LogP contribution < -0.4 is 51.4 Å². The van der Waals surface area contributed by atoms with Gasteiger partial charge in [-0.05, 0) is 12.8 Å². The van der Waals surface area contributed by atoms with Crippen molar-refractivity contribution in [3.63, 3.8) is 0 Å². The summed E-state index contributed by atoms with van der Waals surface area (Å²) in [6.45, 7) is 4.36. The Morgan fingerprint density at radius 2 is 1.04 bits per heavy atom. The molecule has 0 aliphatic carbocycles. The fraction of sp³-hybridized carbons (Fsp3) is 1.00. The van der Waals surface area contributed by atoms with Crippen LogP contribution in [0.4, 0.5) is 0 Å². The van der Waals surface area contributed by atoms with Crippen LogP contribution in [0.3, 0.4) is 0 Å². The second-order valence-corrected chi connectivity index (χ2v) is 9.01. The van der Waals surface area contributed by atoms with E-state index in [2.05, 4.69) is 13.8 Å². The molecular formula is C20H41KO4S. The number of hydrogen-bond acceptors (Lipinski definition) is 4. The fourth-order valence-electron chi connectivity index (χ4n) is 3.33. The number of aliphatic hydroxyl groups is 1. The fourth-order valence-corrected chi connectivity index (χ4v) is 4.30. The van der Waals surface area contributed by atoms with Crippen molar-refractivity contribution in [1.82, 2.24) is 0 Å². The molecule has 0 aliphatic rings. The van der Waals surface area contributed by atoms with Crippen LogP contribution in [-0.4, -0.2) is 29.4 Å². The summed E-state index contributed by atoms with van der Waals surface area (Å²) in [7, 11) is -4.42. The van der Waals surface area contributed by atoms with Gasteiger partial charge >= 0.3 is 51.4 Å². The van der Waals surface area contributed by atoms with Gasteiger partial charge in [-0.25, -0.2) is 8.42 Å². The SMILES string of the molecule is CCCCCCCCCCC(C(O)CCCCCCCC)S(=O)(=O)[O-].[K+]. The molecule has 0 heterocycles. The molecule has 0 saturated carbocycles. The first-order valence-electron chi connectivity index (χ1n) is 10.6. The van der Waals surface area contributed by atoms with Gasteiger partial charge in [-0.3, -0.25) is 0 Å². The predicted molar refractivity (Wildman–Crippen MR) is 105 cm³/mol. The van der Waals surface area contributed by atoms with E-state index in [0.717, 1.165) is 32.1 Å². The van der Waals surface area contributed by atoms with Gasteiger partial charge < -0.3 is 9.66 Å². The summed E-state index contributed by atoms with van der Waals surface area (Å²) in [6, 6.07) is 0. The molecule has 0 radical (unpaired) electrons. The van der Waals surface area contributed by atoms with E-state index >= 15 is 0 Å². The Kier molecular flexibility index (Phi) is 22.6. The van der Waals surface area contributed by atoms with Crippen LogP contribution in [0.15, 0.2) is 0 Å². The van der Waals surface area contributed by atoms with Crippen molar-refractivity contribution in [2.45, 2.75) is 128 Å². The van der Waals surface area contributed by atoms with Crippen LogP contribution >= 0.6 is 0 Å². The van der Waals surface area contributed by atoms with Crippen LogP contribution in [0.5, 0.6) is 0 Å². The molecule has 2 atom stereocenters. The van der Waals surface area contributed by atoms with E-state index in [4.69, 9.17) is 0 Å². The van der Waals surface area contributed by atoms with Crippen LogP contribution in [0.25, 0.3) is 0 Å². The summed E-state index contributed by atoms with van der Waals surface area (Å²) in [5, 5.41) is 9.05. The average molecular weight is 417 g/mol. The largest absolute Gasteiger partial charge is 1.00 e. The van der Waals surface area contributed by atoms with Crippen LogP contribution in [0.1, 0.15) is 117 Å². The van der Waals surface area contributed by atoms with Crippen molar-refractivity contribution in [3.05, 3.63) is 0 Å². The minimum absolute atomic E-state index is 0. The summed E-state index contributed by atoms with van der Waals surface area (Å²) in [5.41, 5.74) is 0. The zero-order chi connectivity index (χ0) is 19.0. The molecule has 0 fully saturated rings. The topological polar surface area (TPSA) is 77.4 Å². The molecule has 0 rings (SSSR count). The molecule has 26 heavy (non-hydrogen) atoms. The van der Waals surface area contributed by atoms with Crippen molar-refractivity contribution in [3.8, 4) is 0 Å². The molecular weight excluding hydrogens is 375 g/mol. The molecule has 0 aliphatic heterocycles. The first-order valence-corrected chi connectivity index (χ1v) is 12.0. The molecule has 0 spiro atoms. The standard InChI is InChI=1S/C20H42O4S.K/c1-3-5-7-9-11-12-14-16-18-20(25(22,23)24)19(21)17-15-13-10-8-6-4-2;/h19-21H,3-18H2,1-2H3,(H,22,23,24);/q;+1/p-1. The number of hydrogen-bond donors (Lipinski definition) is 1. The third kappa shape index (κ3) is 17.6. The van der Waals surface area contributed by atoms with Crippen molar-refractivity contribution in [2.24, 2.45) is 0 Å². The maximum atomic E-state index is 11.5. The second-order valence-electron chi connectivity index (χ2n) is 7.42. The molecule has 4 nitrogen and oxygen atoms in total. The Hall–Kier alpha value is 1.51. The predicted octanol–water partition coefficient (Wildman–Crippen LogP) is 2.55. The summed E-state index contributed by atoms with van der Waals surface area (Å²) in [4.78, 5) is 0. The van der Waals surface area contributed by atoms with Gasteiger partial charge in [0.05, 0.1) is 11.4 Å². The van der Waals surface area contributed by atoms with E-state index in [0.29, 0.717) is 19.3 Å². The van der Waals surface area contributed by atoms with Crippen LogP contribution in [0, 0.1) is 0 Å². The molecule has 0 aromatic rings. The molecule has 152 valence electrons. The monoisotopic (exact) mass is 416 g/mol. The minimum Gasteiger partial charge on any atom is -0.748 e. The smallest absolute Gasteiger partial charge is 0.748 e. The molecule has 0 bridgehead atoms. The summed E-state index contributed by atoms with van der Waals surface area (Å²) in [5.74, 6) is 0. The second kappa shape index (κ2) is 19.8. The van der Waals surface area contributed by atoms with Gasteiger partial charge in [-0.15, -0.1) is 0 Å². The van der Waals surface area contributed by atoms with Gasteiger partial charge in [-0.1, -0.05) is 104 Å². The van der Waals surface area contributed by atoms with E-state index in [9.17, 15) is 18.1 Å². The van der Waals surface area contributed by atoms with Crippen molar-refractivity contribution < 1.29 is 69.5 Å². The van der Waals surface area contributed by atoms with Gasteiger partial charge in [0, 0.05) is 0 Å². The van der Waals surface area contributed by atoms with Crippen LogP contribution in [-0.2, 0) is 10.1 Å². The Balaban J connectivity index is 0. The van der Waals surface area contributed by atoms with Gasteiger partial charge in [0.1, 0.15) is 10.1 Å². The summed E-state index contributed by atoms with van der Waals surface area (Å²) in [6.07, 6.45) is 15.2. The van der Waals surface area contributed by atoms with E-state index in [-0.39, 0.29) is 51.4 Å². The first-order chi connectivity index (χ1) is 11.9. The van der Waals surface area contributed by atoms with E-state index in [1.807, 2.05) is 0 Å². The van der Waals surface area contributed by atoms with E-state index < -0.39 is 21.5 Å². The summed E-state index contributed by atoms with van der Waals surface area (Å²) < 4.78 is 34.4. The molecule has 6 heteroatoms. The maximum Gasteiger partial charge on any atom is 1.00 e. The number of unbranched alkanes of at least 4 members (excludes halogenated alkanes) is 12. The van der Waals surface area contributed by atoms with E-state index in [1.54, 1.807) is 0 Å². The van der Waals surface area contributed by atoms with E-state index in [1.165, 1.54) is 51.4 Å². The Morgan fingerprint density at radius 3 is 1.42 bits per heavy atom. The van der Waals surface area contributed by atoms with Crippen molar-refractivity contribution in [1.29, 1.82) is 0 Å². The van der Waals surface area contributed by atoms with Gasteiger partial charge in [0.2, 0.25) is 0 Å². The van der Waals surface area contributed by atoms with Crippen LogP contribution in [0.2, 0.25) is 0 Å². The Bertz CT molecular complexity index is 387. The maximum absolute atomic E-state index is 11.5. The molecule has 1 N–H and O–H groups in total. The van der Waals surface area contributed by atoms with Gasteiger partial charge in [-0.2, -0.15) is 0 Å². The Labute approximate surface area is 205 Å². The number of rotatable bonds is 18. The third-order valence-electron chi connectivity index (χ3n) is 5.00.